The lowest BCUT2D eigenvalue weighted by Crippen LogP contribution is -2.45. The SMILES string of the molecule is Cc1ccc(C(=O)Nc2ccc(C(=O)N3CCC4(CC3)CC(CN(C)C)OC4=O)cc2)o1. The summed E-state index contributed by atoms with van der Waals surface area (Å²) in [6, 6.07) is 10.2. The van der Waals surface area contributed by atoms with Crippen LogP contribution in [-0.4, -0.2) is 67.4 Å². The van der Waals surface area contributed by atoms with Crippen LogP contribution < -0.4 is 5.32 Å². The Morgan fingerprint density at radius 2 is 1.81 bits per heavy atom. The number of ether oxygens (including phenoxy) is 1. The lowest BCUT2D eigenvalue weighted by Gasteiger charge is -2.36. The van der Waals surface area contributed by atoms with Gasteiger partial charge in [0.05, 0.1) is 5.41 Å². The van der Waals surface area contributed by atoms with Gasteiger partial charge in [0.2, 0.25) is 0 Å². The molecule has 1 N–H and O–H groups in total. The van der Waals surface area contributed by atoms with Crippen LogP contribution in [0, 0.1) is 12.3 Å². The highest BCUT2D eigenvalue weighted by Crippen LogP contribution is 2.43. The number of carbonyl (C=O) groups excluding carboxylic acids is 3. The molecule has 8 nitrogen and oxygen atoms in total. The van der Waals surface area contributed by atoms with E-state index >= 15 is 0 Å². The number of esters is 1. The minimum atomic E-state index is -0.462. The van der Waals surface area contributed by atoms with Crippen molar-refractivity contribution < 1.29 is 23.5 Å². The lowest BCUT2D eigenvalue weighted by molar-refractivity contribution is -0.150. The Morgan fingerprint density at radius 3 is 2.41 bits per heavy atom. The molecular weight excluding hydrogens is 410 g/mol. The highest BCUT2D eigenvalue weighted by Gasteiger charge is 2.50. The van der Waals surface area contributed by atoms with Crippen molar-refractivity contribution in [3.05, 3.63) is 53.5 Å². The van der Waals surface area contributed by atoms with E-state index in [4.69, 9.17) is 9.15 Å². The Morgan fingerprint density at radius 1 is 1.12 bits per heavy atom. The minimum Gasteiger partial charge on any atom is -0.461 e. The Kier molecular flexibility index (Phi) is 6.06. The number of anilines is 1. The predicted molar refractivity (Wildman–Crippen MR) is 118 cm³/mol. The normalized spacial score (nSPS) is 19.9. The maximum Gasteiger partial charge on any atom is 0.312 e. The van der Waals surface area contributed by atoms with Crippen LogP contribution in [-0.2, 0) is 9.53 Å². The number of amides is 2. The number of hydrogen-bond donors (Lipinski definition) is 1. The summed E-state index contributed by atoms with van der Waals surface area (Å²) < 4.78 is 10.9. The van der Waals surface area contributed by atoms with Gasteiger partial charge < -0.3 is 24.3 Å². The molecule has 1 atom stereocenters. The number of likely N-dealkylation sites (N-methyl/N-ethyl adjacent to an activating group) is 1. The molecule has 2 fully saturated rings. The van der Waals surface area contributed by atoms with Crippen LogP contribution in [0.1, 0.15) is 45.9 Å². The zero-order chi connectivity index (χ0) is 22.9. The van der Waals surface area contributed by atoms with Crippen molar-refractivity contribution in [2.45, 2.75) is 32.3 Å². The first-order valence-corrected chi connectivity index (χ1v) is 10.9. The quantitative estimate of drug-likeness (QED) is 0.721. The molecule has 4 rings (SSSR count). The van der Waals surface area contributed by atoms with Crippen LogP contribution in [0.15, 0.2) is 40.8 Å². The fraction of sp³-hybridized carbons (Fsp3) is 0.458. The van der Waals surface area contributed by atoms with E-state index in [9.17, 15) is 14.4 Å². The molecule has 0 bridgehead atoms. The summed E-state index contributed by atoms with van der Waals surface area (Å²) in [5.74, 6) is 0.370. The molecule has 1 aromatic heterocycles. The van der Waals surface area contributed by atoms with Gasteiger partial charge in [-0.05, 0) is 70.3 Å². The number of benzene rings is 1. The first-order valence-electron chi connectivity index (χ1n) is 10.9. The Bertz CT molecular complexity index is 1000. The zero-order valence-electron chi connectivity index (χ0n) is 18.7. The maximum atomic E-state index is 13.0. The molecule has 1 spiro atoms. The van der Waals surface area contributed by atoms with Gasteiger partial charge in [0.15, 0.2) is 5.76 Å². The second kappa shape index (κ2) is 8.78. The zero-order valence-corrected chi connectivity index (χ0v) is 18.7. The average Bonchev–Trinajstić information content (AvgIpc) is 3.31. The van der Waals surface area contributed by atoms with E-state index in [0.29, 0.717) is 42.9 Å². The second-order valence-electron chi connectivity index (χ2n) is 9.01. The molecule has 170 valence electrons. The molecule has 0 radical (unpaired) electrons. The molecule has 3 heterocycles. The summed E-state index contributed by atoms with van der Waals surface area (Å²) in [6.07, 6.45) is 1.89. The molecule has 1 aromatic carbocycles. The van der Waals surface area contributed by atoms with Gasteiger partial charge >= 0.3 is 5.97 Å². The summed E-state index contributed by atoms with van der Waals surface area (Å²) >= 11 is 0. The van der Waals surface area contributed by atoms with Crippen LogP contribution >= 0.6 is 0 Å². The van der Waals surface area contributed by atoms with E-state index in [1.807, 2.05) is 19.0 Å². The first kappa shape index (κ1) is 22.1. The van der Waals surface area contributed by atoms with E-state index in [2.05, 4.69) is 5.32 Å². The molecule has 2 aromatic rings. The fourth-order valence-electron chi connectivity index (χ4n) is 4.52. The van der Waals surface area contributed by atoms with Crippen molar-refractivity contribution in [2.24, 2.45) is 5.41 Å². The summed E-state index contributed by atoms with van der Waals surface area (Å²) in [7, 11) is 3.93. The van der Waals surface area contributed by atoms with Crippen molar-refractivity contribution >= 4 is 23.5 Å². The Hall–Kier alpha value is -3.13. The van der Waals surface area contributed by atoms with Crippen LogP contribution in [0.3, 0.4) is 0 Å². The Balaban J connectivity index is 1.33. The monoisotopic (exact) mass is 439 g/mol. The van der Waals surface area contributed by atoms with Crippen molar-refractivity contribution in [2.75, 3.05) is 39.0 Å². The molecule has 8 heteroatoms. The highest BCUT2D eigenvalue weighted by molar-refractivity contribution is 6.02. The largest absolute Gasteiger partial charge is 0.461 e. The summed E-state index contributed by atoms with van der Waals surface area (Å²) in [4.78, 5) is 41.5. The number of furan rings is 1. The van der Waals surface area contributed by atoms with Gasteiger partial charge in [-0.2, -0.15) is 0 Å². The van der Waals surface area contributed by atoms with E-state index in [0.717, 1.165) is 13.0 Å². The van der Waals surface area contributed by atoms with Crippen molar-refractivity contribution in [1.29, 1.82) is 0 Å². The summed E-state index contributed by atoms with van der Waals surface area (Å²) in [5, 5.41) is 2.76. The predicted octanol–water partition coefficient (Wildman–Crippen LogP) is 2.94. The van der Waals surface area contributed by atoms with Crippen LogP contribution in [0.2, 0.25) is 0 Å². The molecule has 2 saturated heterocycles. The van der Waals surface area contributed by atoms with Crippen molar-refractivity contribution in [3.63, 3.8) is 0 Å². The fourth-order valence-corrected chi connectivity index (χ4v) is 4.52. The first-order chi connectivity index (χ1) is 15.3. The van der Waals surface area contributed by atoms with Gasteiger partial charge in [0.1, 0.15) is 11.9 Å². The number of aryl methyl sites for hydroxylation is 1. The number of cyclic esters (lactones) is 1. The average molecular weight is 440 g/mol. The minimum absolute atomic E-state index is 0.0735. The number of nitrogens with one attached hydrogen (secondary N) is 1. The van der Waals surface area contributed by atoms with Gasteiger partial charge in [-0.1, -0.05) is 0 Å². The van der Waals surface area contributed by atoms with Gasteiger partial charge in [-0.15, -0.1) is 0 Å². The molecule has 2 aliphatic rings. The molecule has 32 heavy (non-hydrogen) atoms. The van der Waals surface area contributed by atoms with Crippen LogP contribution in [0.25, 0.3) is 0 Å². The van der Waals surface area contributed by atoms with Gasteiger partial charge in [0, 0.05) is 37.3 Å². The number of nitrogens with zero attached hydrogens (tertiary/aromatic N) is 2. The van der Waals surface area contributed by atoms with Crippen molar-refractivity contribution in [3.8, 4) is 0 Å². The molecule has 2 amide bonds. The van der Waals surface area contributed by atoms with Gasteiger partial charge in [-0.3, -0.25) is 14.4 Å². The van der Waals surface area contributed by atoms with E-state index < -0.39 is 5.41 Å². The molecular formula is C24H29N3O5. The number of hydrogen-bond acceptors (Lipinski definition) is 6. The Labute approximate surface area is 187 Å². The number of rotatable bonds is 5. The summed E-state index contributed by atoms with van der Waals surface area (Å²) in [6.45, 7) is 3.55. The summed E-state index contributed by atoms with van der Waals surface area (Å²) in [5.41, 5.74) is 0.668. The molecule has 0 aliphatic carbocycles. The maximum absolute atomic E-state index is 13.0. The van der Waals surface area contributed by atoms with Crippen LogP contribution in [0.4, 0.5) is 5.69 Å². The lowest BCUT2D eigenvalue weighted by atomic mass is 9.76. The van der Waals surface area contributed by atoms with E-state index in [1.165, 1.54) is 0 Å². The highest BCUT2D eigenvalue weighted by atomic mass is 16.6. The molecule has 1 unspecified atom stereocenters. The number of likely N-dealkylation sites (tertiary alicyclic amines) is 1. The third-order valence-corrected chi connectivity index (χ3v) is 6.26. The standard InChI is InChI=1S/C24H29N3O5/c1-16-4-9-20(31-16)21(28)25-18-7-5-17(6-8-18)22(29)27-12-10-24(11-13-27)14-19(15-26(2)3)32-23(24)30/h4-9,19H,10-15H2,1-3H3,(H,25,28). The smallest absolute Gasteiger partial charge is 0.312 e. The number of piperidine rings is 1. The van der Waals surface area contributed by atoms with Gasteiger partial charge in [-0.25, -0.2) is 0 Å². The third kappa shape index (κ3) is 4.55. The van der Waals surface area contributed by atoms with Crippen molar-refractivity contribution in [1.82, 2.24) is 9.80 Å². The topological polar surface area (TPSA) is 92.1 Å². The third-order valence-electron chi connectivity index (χ3n) is 6.26. The van der Waals surface area contributed by atoms with E-state index in [-0.39, 0.29) is 29.6 Å². The van der Waals surface area contributed by atoms with E-state index in [1.54, 1.807) is 48.2 Å². The molecule has 2 aliphatic heterocycles. The molecule has 0 saturated carbocycles. The van der Waals surface area contributed by atoms with Crippen LogP contribution in [0.5, 0.6) is 0 Å². The second-order valence-corrected chi connectivity index (χ2v) is 9.01. The van der Waals surface area contributed by atoms with Gasteiger partial charge in [0.25, 0.3) is 11.8 Å². The number of carbonyl (C=O) groups is 3.